The molecular formula is C30H37N5O11. The normalized spacial score (nSPS) is 18.5. The third-order valence-corrected chi connectivity index (χ3v) is 7.70. The molecule has 0 bridgehead atoms. The van der Waals surface area contributed by atoms with Crippen LogP contribution in [0.3, 0.4) is 0 Å². The Morgan fingerprint density at radius 3 is 2.43 bits per heavy atom. The van der Waals surface area contributed by atoms with Gasteiger partial charge in [0.05, 0.1) is 25.3 Å². The van der Waals surface area contributed by atoms with Crippen LogP contribution in [0.2, 0.25) is 0 Å². The van der Waals surface area contributed by atoms with Crippen molar-refractivity contribution in [3.05, 3.63) is 36.0 Å². The van der Waals surface area contributed by atoms with Crippen LogP contribution in [0.25, 0.3) is 10.9 Å². The Labute approximate surface area is 264 Å². The fraction of sp³-hybridized carbons (Fsp3) is 0.500. The predicted octanol–water partition coefficient (Wildman–Crippen LogP) is 0.0123. The van der Waals surface area contributed by atoms with E-state index in [-0.39, 0.29) is 63.6 Å². The number of hydrogen-bond donors (Lipinski definition) is 3. The number of fused-ring (bicyclic) bond motifs is 1. The van der Waals surface area contributed by atoms with Crippen LogP contribution < -0.4 is 10.1 Å². The number of carboxylic acid groups (broad SMARTS) is 1. The van der Waals surface area contributed by atoms with E-state index in [2.05, 4.69) is 10.3 Å². The lowest BCUT2D eigenvalue weighted by molar-refractivity contribution is -0.151. The Morgan fingerprint density at radius 1 is 1.07 bits per heavy atom. The molecule has 2 aliphatic heterocycles. The SMILES string of the molecule is CCOC(=O)N1CCN(C(=O)C(CCC(=O)O)NC(=O)c2cc(OCC(=O)N3C[C@@H](O)CC3C(=O)OC)c3ccccc3n2)CC1. The van der Waals surface area contributed by atoms with Crippen molar-refractivity contribution < 1.29 is 53.2 Å². The van der Waals surface area contributed by atoms with Crippen LogP contribution in [-0.2, 0) is 28.7 Å². The number of aromatic nitrogens is 1. The number of carbonyl (C=O) groups excluding carboxylic acids is 5. The van der Waals surface area contributed by atoms with E-state index in [0.717, 1.165) is 0 Å². The summed E-state index contributed by atoms with van der Waals surface area (Å²) < 4.78 is 15.6. The molecule has 16 heteroatoms. The number of ether oxygens (including phenoxy) is 3. The fourth-order valence-electron chi connectivity index (χ4n) is 5.35. The van der Waals surface area contributed by atoms with Gasteiger partial charge in [0, 0.05) is 57.0 Å². The molecule has 248 valence electrons. The number of carbonyl (C=O) groups is 6. The predicted molar refractivity (Wildman–Crippen MR) is 159 cm³/mol. The van der Waals surface area contributed by atoms with Crippen molar-refractivity contribution in [1.29, 1.82) is 0 Å². The molecule has 46 heavy (non-hydrogen) atoms. The van der Waals surface area contributed by atoms with Gasteiger partial charge in [-0.1, -0.05) is 12.1 Å². The van der Waals surface area contributed by atoms with Gasteiger partial charge < -0.3 is 44.4 Å². The lowest BCUT2D eigenvalue weighted by Gasteiger charge is -2.35. The highest BCUT2D eigenvalue weighted by Crippen LogP contribution is 2.27. The van der Waals surface area contributed by atoms with Gasteiger partial charge >= 0.3 is 18.0 Å². The number of likely N-dealkylation sites (tertiary alicyclic amines) is 1. The quantitative estimate of drug-likeness (QED) is 0.277. The van der Waals surface area contributed by atoms with Crippen molar-refractivity contribution in [3.8, 4) is 5.75 Å². The average Bonchev–Trinajstić information content (AvgIpc) is 3.46. The number of para-hydroxylation sites is 1. The zero-order chi connectivity index (χ0) is 33.4. The molecule has 2 fully saturated rings. The van der Waals surface area contributed by atoms with Crippen LogP contribution in [0.5, 0.6) is 5.75 Å². The van der Waals surface area contributed by atoms with Gasteiger partial charge in [-0.15, -0.1) is 0 Å². The van der Waals surface area contributed by atoms with Crippen LogP contribution in [0.4, 0.5) is 4.79 Å². The molecule has 2 aromatic rings. The zero-order valence-corrected chi connectivity index (χ0v) is 25.5. The number of aliphatic hydroxyl groups excluding tert-OH is 1. The van der Waals surface area contributed by atoms with Crippen molar-refractivity contribution in [2.24, 2.45) is 0 Å². The van der Waals surface area contributed by atoms with Gasteiger partial charge in [-0.3, -0.25) is 19.2 Å². The third kappa shape index (κ3) is 8.18. The van der Waals surface area contributed by atoms with E-state index in [4.69, 9.17) is 14.2 Å². The number of nitrogens with zero attached hydrogens (tertiary/aromatic N) is 4. The fourth-order valence-corrected chi connectivity index (χ4v) is 5.35. The van der Waals surface area contributed by atoms with Crippen LogP contribution in [0.15, 0.2) is 30.3 Å². The Hall–Kier alpha value is -4.99. The van der Waals surface area contributed by atoms with Crippen molar-refractivity contribution in [3.63, 3.8) is 0 Å². The summed E-state index contributed by atoms with van der Waals surface area (Å²) in [6.45, 7) is 2.08. The number of esters is 1. The molecule has 3 N–H and O–H groups in total. The second-order valence-corrected chi connectivity index (χ2v) is 10.8. The van der Waals surface area contributed by atoms with Crippen molar-refractivity contribution in [2.75, 3.05) is 53.0 Å². The van der Waals surface area contributed by atoms with E-state index in [1.54, 1.807) is 31.2 Å². The number of carboxylic acids is 1. The summed E-state index contributed by atoms with van der Waals surface area (Å²) in [5.41, 5.74) is 0.204. The van der Waals surface area contributed by atoms with E-state index in [1.165, 1.54) is 27.9 Å². The number of rotatable bonds is 11. The second-order valence-electron chi connectivity index (χ2n) is 10.8. The highest BCUT2D eigenvalue weighted by Gasteiger charge is 2.40. The van der Waals surface area contributed by atoms with Crippen LogP contribution >= 0.6 is 0 Å². The number of piperazine rings is 1. The third-order valence-electron chi connectivity index (χ3n) is 7.70. The van der Waals surface area contributed by atoms with Gasteiger partial charge in [0.1, 0.15) is 23.5 Å². The Kier molecular flexibility index (Phi) is 11.3. The van der Waals surface area contributed by atoms with Crippen molar-refractivity contribution >= 4 is 46.7 Å². The van der Waals surface area contributed by atoms with Gasteiger partial charge in [0.2, 0.25) is 5.91 Å². The van der Waals surface area contributed by atoms with E-state index in [9.17, 15) is 39.0 Å². The smallest absolute Gasteiger partial charge is 0.409 e. The molecule has 0 aliphatic carbocycles. The lowest BCUT2D eigenvalue weighted by atomic mass is 10.1. The van der Waals surface area contributed by atoms with Gasteiger partial charge in [0.15, 0.2) is 6.61 Å². The summed E-state index contributed by atoms with van der Waals surface area (Å²) in [5, 5.41) is 22.4. The molecule has 1 aromatic heterocycles. The van der Waals surface area contributed by atoms with Gasteiger partial charge in [-0.25, -0.2) is 14.6 Å². The summed E-state index contributed by atoms with van der Waals surface area (Å²) in [7, 11) is 1.19. The second kappa shape index (κ2) is 15.3. The summed E-state index contributed by atoms with van der Waals surface area (Å²) in [5.74, 6) is -3.55. The van der Waals surface area contributed by atoms with E-state index >= 15 is 0 Å². The Bertz CT molecular complexity index is 1480. The van der Waals surface area contributed by atoms with E-state index in [0.29, 0.717) is 10.9 Å². The molecule has 3 atom stereocenters. The highest BCUT2D eigenvalue weighted by molar-refractivity contribution is 5.99. The number of aliphatic hydroxyl groups is 1. The first-order valence-electron chi connectivity index (χ1n) is 14.8. The molecule has 3 heterocycles. The summed E-state index contributed by atoms with van der Waals surface area (Å²) in [6.07, 6.45) is -1.94. The lowest BCUT2D eigenvalue weighted by Crippen LogP contribution is -2.56. The largest absolute Gasteiger partial charge is 0.483 e. The number of amides is 4. The Balaban J connectivity index is 1.50. The maximum absolute atomic E-state index is 13.5. The van der Waals surface area contributed by atoms with E-state index < -0.39 is 67.0 Å². The number of nitrogens with one attached hydrogen (secondary N) is 1. The number of pyridine rings is 1. The number of hydrogen-bond acceptors (Lipinski definition) is 11. The summed E-state index contributed by atoms with van der Waals surface area (Å²) in [4.78, 5) is 83.9. The average molecular weight is 644 g/mol. The minimum absolute atomic E-state index is 0.0315. The first-order chi connectivity index (χ1) is 22.0. The number of benzene rings is 1. The topological polar surface area (TPSA) is 205 Å². The number of aliphatic carboxylic acids is 1. The van der Waals surface area contributed by atoms with Crippen LogP contribution in [-0.4, -0.2) is 137 Å². The van der Waals surface area contributed by atoms with Crippen molar-refractivity contribution in [1.82, 2.24) is 25.0 Å². The molecule has 0 saturated carbocycles. The molecule has 2 aliphatic rings. The first-order valence-corrected chi connectivity index (χ1v) is 14.8. The first kappa shape index (κ1) is 33.9. The zero-order valence-electron chi connectivity index (χ0n) is 25.5. The monoisotopic (exact) mass is 643 g/mol. The highest BCUT2D eigenvalue weighted by atomic mass is 16.6. The van der Waals surface area contributed by atoms with Crippen LogP contribution in [0.1, 0.15) is 36.7 Å². The van der Waals surface area contributed by atoms with Gasteiger partial charge in [-0.2, -0.15) is 0 Å². The maximum atomic E-state index is 13.5. The van der Waals surface area contributed by atoms with Crippen LogP contribution in [0, 0.1) is 0 Å². The molecule has 2 saturated heterocycles. The molecular weight excluding hydrogens is 606 g/mol. The van der Waals surface area contributed by atoms with Crippen molar-refractivity contribution in [2.45, 2.75) is 44.4 Å². The molecule has 1 aromatic carbocycles. The molecule has 0 spiro atoms. The minimum Gasteiger partial charge on any atom is -0.483 e. The number of methoxy groups -OCH3 is 1. The number of β-amino-alcohol motifs (C(OH)–C–C–N with tert-alkyl or cyclic N) is 1. The molecule has 0 radical (unpaired) electrons. The van der Waals surface area contributed by atoms with Gasteiger partial charge in [-0.05, 0) is 25.5 Å². The minimum atomic E-state index is -1.20. The molecule has 2 unspecified atom stereocenters. The molecule has 16 nitrogen and oxygen atoms in total. The summed E-state index contributed by atoms with van der Waals surface area (Å²) >= 11 is 0. The molecule has 4 amide bonds. The standard InChI is InChI=1S/C30H37N5O11/c1-3-45-30(43)34-12-10-33(11-13-34)28(41)21(8-9-26(38)39)32-27(40)22-15-24(19-6-4-5-7-20(19)31-22)46-17-25(37)35-16-18(36)14-23(35)29(42)44-2/h4-7,15,18,21,23,36H,3,8-14,16-17H2,1-2H3,(H,32,40)(H,38,39)/t18-,21?,23?/m0/s1. The molecule has 4 rings (SSSR count). The Morgan fingerprint density at radius 2 is 1.76 bits per heavy atom. The van der Waals surface area contributed by atoms with E-state index in [1.807, 2.05) is 0 Å². The maximum Gasteiger partial charge on any atom is 0.409 e. The summed E-state index contributed by atoms with van der Waals surface area (Å²) in [6, 6.07) is 5.85. The van der Waals surface area contributed by atoms with Gasteiger partial charge in [0.25, 0.3) is 11.8 Å².